The Bertz CT molecular complexity index is 563. The molecule has 2 N–H and O–H groups in total. The Morgan fingerprint density at radius 2 is 1.85 bits per heavy atom. The molecule has 2 aromatic carbocycles. The summed E-state index contributed by atoms with van der Waals surface area (Å²) in [6.07, 6.45) is 0. The summed E-state index contributed by atoms with van der Waals surface area (Å²) in [5.74, 6) is 0.562. The first kappa shape index (κ1) is 16.3. The summed E-state index contributed by atoms with van der Waals surface area (Å²) in [4.78, 5) is 0. The predicted octanol–water partition coefficient (Wildman–Crippen LogP) is 3.26. The van der Waals surface area contributed by atoms with E-state index in [4.69, 9.17) is 15.2 Å². The lowest BCUT2D eigenvalue weighted by Gasteiger charge is -2.08. The zero-order chi connectivity index (χ0) is 13.7. The van der Waals surface area contributed by atoms with Crippen molar-refractivity contribution in [2.75, 3.05) is 20.3 Å². The average molecular weight is 298 g/mol. The van der Waals surface area contributed by atoms with Crippen molar-refractivity contribution < 1.29 is 13.9 Å². The highest BCUT2D eigenvalue weighted by Gasteiger charge is 2.06. The first-order chi connectivity index (χ1) is 9.24. The summed E-state index contributed by atoms with van der Waals surface area (Å²) >= 11 is 0. The molecule has 0 aliphatic carbocycles. The van der Waals surface area contributed by atoms with E-state index >= 15 is 0 Å². The van der Waals surface area contributed by atoms with Gasteiger partial charge in [0.1, 0.15) is 12.4 Å². The minimum absolute atomic E-state index is 0. The van der Waals surface area contributed by atoms with E-state index in [9.17, 15) is 4.39 Å². The second kappa shape index (κ2) is 7.72. The molecule has 0 heterocycles. The van der Waals surface area contributed by atoms with Crippen LogP contribution in [0.15, 0.2) is 42.5 Å². The lowest BCUT2D eigenvalue weighted by Crippen LogP contribution is -2.11. The maximum atomic E-state index is 13.8. The van der Waals surface area contributed by atoms with Crippen molar-refractivity contribution in [3.8, 4) is 22.6 Å². The fourth-order valence-electron chi connectivity index (χ4n) is 1.77. The molecule has 0 aliphatic rings. The standard InChI is InChI=1S/C15H16FNO2.ClH/c1-18-13-4-2-3-11(9-13)12-5-6-15(14(16)10-12)19-8-7-17;/h2-6,9-10H,7-8,17H2,1H3;1H. The first-order valence-electron chi connectivity index (χ1n) is 6.01. The lowest BCUT2D eigenvalue weighted by atomic mass is 10.1. The third-order valence-corrected chi connectivity index (χ3v) is 2.71. The summed E-state index contributed by atoms with van der Waals surface area (Å²) in [5, 5.41) is 0. The van der Waals surface area contributed by atoms with Crippen LogP contribution in [0.5, 0.6) is 11.5 Å². The van der Waals surface area contributed by atoms with E-state index in [1.54, 1.807) is 13.2 Å². The Balaban J connectivity index is 0.00000200. The largest absolute Gasteiger partial charge is 0.497 e. The number of halogens is 2. The average Bonchev–Trinajstić information content (AvgIpc) is 2.46. The predicted molar refractivity (Wildman–Crippen MR) is 80.2 cm³/mol. The van der Waals surface area contributed by atoms with Gasteiger partial charge in [0.25, 0.3) is 0 Å². The van der Waals surface area contributed by atoms with Gasteiger partial charge in [-0.2, -0.15) is 0 Å². The minimum Gasteiger partial charge on any atom is -0.497 e. The van der Waals surface area contributed by atoms with Crippen LogP contribution >= 0.6 is 12.4 Å². The molecule has 20 heavy (non-hydrogen) atoms. The lowest BCUT2D eigenvalue weighted by molar-refractivity contribution is 0.311. The van der Waals surface area contributed by atoms with Gasteiger partial charge in [0.05, 0.1) is 7.11 Å². The fourth-order valence-corrected chi connectivity index (χ4v) is 1.77. The number of rotatable bonds is 5. The third-order valence-electron chi connectivity index (χ3n) is 2.71. The van der Waals surface area contributed by atoms with Crippen LogP contribution in [0.2, 0.25) is 0 Å². The molecule has 0 bridgehead atoms. The molecule has 0 amide bonds. The van der Waals surface area contributed by atoms with Crippen molar-refractivity contribution in [2.45, 2.75) is 0 Å². The molecule has 0 fully saturated rings. The van der Waals surface area contributed by atoms with Gasteiger partial charge in [-0.15, -0.1) is 12.4 Å². The normalized spacial score (nSPS) is 9.75. The Labute approximate surface area is 123 Å². The van der Waals surface area contributed by atoms with Gasteiger partial charge in [-0.05, 0) is 35.4 Å². The zero-order valence-corrected chi connectivity index (χ0v) is 12.0. The number of benzene rings is 2. The summed E-state index contributed by atoms with van der Waals surface area (Å²) < 4.78 is 24.2. The van der Waals surface area contributed by atoms with Crippen LogP contribution in [0, 0.1) is 5.82 Å². The molecule has 0 aliphatic heterocycles. The van der Waals surface area contributed by atoms with Crippen molar-refractivity contribution in [1.82, 2.24) is 0 Å². The summed E-state index contributed by atoms with van der Waals surface area (Å²) in [7, 11) is 1.60. The highest BCUT2D eigenvalue weighted by molar-refractivity contribution is 5.85. The van der Waals surface area contributed by atoms with Crippen LogP contribution < -0.4 is 15.2 Å². The highest BCUT2D eigenvalue weighted by Crippen LogP contribution is 2.27. The molecule has 0 aromatic heterocycles. The number of hydrogen-bond donors (Lipinski definition) is 1. The summed E-state index contributed by atoms with van der Waals surface area (Å²) in [6, 6.07) is 12.3. The zero-order valence-electron chi connectivity index (χ0n) is 11.1. The summed E-state index contributed by atoms with van der Waals surface area (Å²) in [5.41, 5.74) is 6.98. The van der Waals surface area contributed by atoms with Gasteiger partial charge >= 0.3 is 0 Å². The number of hydrogen-bond acceptors (Lipinski definition) is 3. The molecular formula is C15H17ClFNO2. The Morgan fingerprint density at radius 1 is 1.10 bits per heavy atom. The molecule has 0 unspecified atom stereocenters. The van der Waals surface area contributed by atoms with E-state index in [-0.39, 0.29) is 18.2 Å². The Morgan fingerprint density at radius 3 is 2.50 bits per heavy atom. The van der Waals surface area contributed by atoms with Crippen molar-refractivity contribution in [2.24, 2.45) is 5.73 Å². The van der Waals surface area contributed by atoms with Gasteiger partial charge in [0.15, 0.2) is 11.6 Å². The van der Waals surface area contributed by atoms with Crippen molar-refractivity contribution in [3.63, 3.8) is 0 Å². The van der Waals surface area contributed by atoms with E-state index in [2.05, 4.69) is 0 Å². The van der Waals surface area contributed by atoms with Crippen molar-refractivity contribution in [1.29, 1.82) is 0 Å². The molecule has 0 spiro atoms. The number of ether oxygens (including phenoxy) is 2. The molecular weight excluding hydrogens is 281 g/mol. The van der Waals surface area contributed by atoms with E-state index < -0.39 is 5.82 Å². The SMILES string of the molecule is COc1cccc(-c2ccc(OCCN)c(F)c2)c1.Cl. The van der Waals surface area contributed by atoms with E-state index in [0.29, 0.717) is 13.2 Å². The topological polar surface area (TPSA) is 44.5 Å². The first-order valence-corrected chi connectivity index (χ1v) is 6.01. The van der Waals surface area contributed by atoms with E-state index in [1.165, 1.54) is 6.07 Å². The molecule has 0 saturated heterocycles. The Kier molecular flexibility index (Phi) is 6.28. The quantitative estimate of drug-likeness (QED) is 0.921. The molecule has 0 atom stereocenters. The highest BCUT2D eigenvalue weighted by atomic mass is 35.5. The van der Waals surface area contributed by atoms with Crippen molar-refractivity contribution >= 4 is 12.4 Å². The van der Waals surface area contributed by atoms with Crippen LogP contribution in [-0.2, 0) is 0 Å². The van der Waals surface area contributed by atoms with Gasteiger partial charge in [0, 0.05) is 6.54 Å². The molecule has 5 heteroatoms. The molecule has 108 valence electrons. The second-order valence-corrected chi connectivity index (χ2v) is 4.01. The monoisotopic (exact) mass is 297 g/mol. The van der Waals surface area contributed by atoms with Crippen LogP contribution in [0.1, 0.15) is 0 Å². The van der Waals surface area contributed by atoms with Crippen LogP contribution in [0.3, 0.4) is 0 Å². The molecule has 2 aromatic rings. The maximum absolute atomic E-state index is 13.8. The molecule has 0 radical (unpaired) electrons. The van der Waals surface area contributed by atoms with Gasteiger partial charge in [-0.25, -0.2) is 4.39 Å². The van der Waals surface area contributed by atoms with E-state index in [1.807, 2.05) is 30.3 Å². The van der Waals surface area contributed by atoms with Crippen LogP contribution in [0.25, 0.3) is 11.1 Å². The van der Waals surface area contributed by atoms with Gasteiger partial charge in [0.2, 0.25) is 0 Å². The maximum Gasteiger partial charge on any atom is 0.165 e. The summed E-state index contributed by atoms with van der Waals surface area (Å²) in [6.45, 7) is 0.659. The van der Waals surface area contributed by atoms with Crippen LogP contribution in [-0.4, -0.2) is 20.3 Å². The van der Waals surface area contributed by atoms with Gasteiger partial charge < -0.3 is 15.2 Å². The second-order valence-electron chi connectivity index (χ2n) is 4.01. The smallest absolute Gasteiger partial charge is 0.165 e. The molecule has 3 nitrogen and oxygen atoms in total. The number of nitrogens with two attached hydrogens (primary N) is 1. The Hall–Kier alpha value is -1.78. The molecule has 0 saturated carbocycles. The van der Waals surface area contributed by atoms with Crippen LogP contribution in [0.4, 0.5) is 4.39 Å². The van der Waals surface area contributed by atoms with Crippen molar-refractivity contribution in [3.05, 3.63) is 48.3 Å². The third kappa shape index (κ3) is 3.85. The van der Waals surface area contributed by atoms with E-state index in [0.717, 1.165) is 16.9 Å². The fraction of sp³-hybridized carbons (Fsp3) is 0.200. The van der Waals surface area contributed by atoms with Gasteiger partial charge in [-0.3, -0.25) is 0 Å². The number of methoxy groups -OCH3 is 1. The minimum atomic E-state index is -0.395. The molecule has 2 rings (SSSR count). The van der Waals surface area contributed by atoms with Gasteiger partial charge in [-0.1, -0.05) is 18.2 Å².